The molecule has 0 aliphatic carbocycles. The average molecular weight is 443 g/mol. The molecule has 0 aromatic heterocycles. The number of carbonyl (C=O) groups is 2. The van der Waals surface area contributed by atoms with Crippen molar-refractivity contribution in [1.82, 2.24) is 4.90 Å². The van der Waals surface area contributed by atoms with Crippen LogP contribution in [0.15, 0.2) is 91.0 Å². The van der Waals surface area contributed by atoms with Gasteiger partial charge in [-0.05, 0) is 54.8 Å². The Balaban J connectivity index is 1.55. The molecule has 0 fully saturated rings. The molecule has 0 spiro atoms. The molecule has 0 aliphatic rings. The van der Waals surface area contributed by atoms with Crippen LogP contribution in [0.3, 0.4) is 0 Å². The predicted molar refractivity (Wildman–Crippen MR) is 133 cm³/mol. The third-order valence-electron chi connectivity index (χ3n) is 5.30. The van der Waals surface area contributed by atoms with Crippen LogP contribution in [0.5, 0.6) is 0 Å². The van der Waals surface area contributed by atoms with E-state index in [1.54, 1.807) is 29.2 Å². The topological polar surface area (TPSA) is 58.6 Å². The van der Waals surface area contributed by atoms with Crippen LogP contribution in [0.4, 0.5) is 10.5 Å². The monoisotopic (exact) mass is 442 g/mol. The third-order valence-corrected chi connectivity index (χ3v) is 5.30. The van der Waals surface area contributed by atoms with Crippen molar-refractivity contribution < 1.29 is 14.3 Å². The van der Waals surface area contributed by atoms with Crippen LogP contribution in [0, 0.1) is 0 Å². The summed E-state index contributed by atoms with van der Waals surface area (Å²) in [4.78, 5) is 26.3. The molecule has 5 nitrogen and oxygen atoms in total. The smallest absolute Gasteiger partial charge is 0.411 e. The summed E-state index contributed by atoms with van der Waals surface area (Å²) in [5.74, 6) is -0.0199. The second kappa shape index (κ2) is 12.2. The van der Waals surface area contributed by atoms with Crippen molar-refractivity contribution in [2.75, 3.05) is 25.0 Å². The fourth-order valence-corrected chi connectivity index (χ4v) is 3.54. The Morgan fingerprint density at radius 1 is 0.788 bits per heavy atom. The van der Waals surface area contributed by atoms with Crippen molar-refractivity contribution >= 4 is 23.3 Å². The van der Waals surface area contributed by atoms with E-state index in [9.17, 15) is 9.59 Å². The second-order valence-electron chi connectivity index (χ2n) is 7.45. The zero-order chi connectivity index (χ0) is 23.5. The molecule has 0 heterocycles. The van der Waals surface area contributed by atoms with Crippen molar-refractivity contribution in [3.05, 3.63) is 108 Å². The van der Waals surface area contributed by atoms with Gasteiger partial charge >= 0.3 is 6.09 Å². The average Bonchev–Trinajstić information content (AvgIpc) is 2.86. The fraction of sp³-hybridized carbons (Fsp3) is 0.214. The van der Waals surface area contributed by atoms with Gasteiger partial charge in [-0.15, -0.1) is 0 Å². The van der Waals surface area contributed by atoms with Gasteiger partial charge in [-0.3, -0.25) is 10.1 Å². The summed E-state index contributed by atoms with van der Waals surface area (Å²) in [6.45, 7) is 5.47. The summed E-state index contributed by atoms with van der Waals surface area (Å²) in [6, 6.07) is 27.2. The summed E-state index contributed by atoms with van der Waals surface area (Å²) in [5.41, 5.74) is 4.52. The van der Waals surface area contributed by atoms with Crippen molar-refractivity contribution in [1.29, 1.82) is 0 Å². The van der Waals surface area contributed by atoms with E-state index < -0.39 is 6.09 Å². The highest BCUT2D eigenvalue weighted by Crippen LogP contribution is 2.23. The molecule has 33 heavy (non-hydrogen) atoms. The Labute approximate surface area is 195 Å². The van der Waals surface area contributed by atoms with E-state index in [1.165, 1.54) is 0 Å². The van der Waals surface area contributed by atoms with E-state index in [0.29, 0.717) is 30.8 Å². The van der Waals surface area contributed by atoms with Gasteiger partial charge in [-0.1, -0.05) is 66.7 Å². The maximum Gasteiger partial charge on any atom is 0.411 e. The Morgan fingerprint density at radius 2 is 1.33 bits per heavy atom. The molecule has 0 saturated heterocycles. The lowest BCUT2D eigenvalue weighted by molar-refractivity contribution is 0.0773. The van der Waals surface area contributed by atoms with Crippen LogP contribution < -0.4 is 5.32 Å². The Hall–Kier alpha value is -3.86. The number of carbonyl (C=O) groups excluding carboxylic acids is 2. The highest BCUT2D eigenvalue weighted by molar-refractivity contribution is 5.95. The predicted octanol–water partition coefficient (Wildman–Crippen LogP) is 6.24. The molecule has 3 rings (SSSR count). The standard InChI is InChI=1S/C28H30N2O3/c1-3-30(4-2)27(31)24-17-19-25(20-18-24)29-28(32)33-21-11-16-26(22-12-7-5-8-13-22)23-14-9-6-10-15-23/h5-10,12-20H,3-4,11,21H2,1-2H3,(H,29,32). The highest BCUT2D eigenvalue weighted by atomic mass is 16.5. The van der Waals surface area contributed by atoms with Crippen molar-refractivity contribution in [3.8, 4) is 0 Å². The van der Waals surface area contributed by atoms with E-state index >= 15 is 0 Å². The maximum absolute atomic E-state index is 12.4. The van der Waals surface area contributed by atoms with Gasteiger partial charge in [0, 0.05) is 30.8 Å². The molecule has 0 bridgehead atoms. The van der Waals surface area contributed by atoms with Gasteiger partial charge in [0.25, 0.3) is 5.91 Å². The number of anilines is 1. The second-order valence-corrected chi connectivity index (χ2v) is 7.45. The molecule has 1 N–H and O–H groups in total. The Morgan fingerprint density at radius 3 is 1.85 bits per heavy atom. The summed E-state index contributed by atoms with van der Waals surface area (Å²) in [6.07, 6.45) is 2.15. The number of nitrogens with zero attached hydrogens (tertiary/aromatic N) is 1. The molecule has 2 amide bonds. The van der Waals surface area contributed by atoms with E-state index in [0.717, 1.165) is 16.7 Å². The number of amides is 2. The minimum atomic E-state index is -0.521. The number of hydrogen-bond donors (Lipinski definition) is 1. The molecule has 5 heteroatoms. The molecule has 3 aromatic carbocycles. The van der Waals surface area contributed by atoms with Gasteiger partial charge in [0.1, 0.15) is 0 Å². The van der Waals surface area contributed by atoms with Crippen LogP contribution >= 0.6 is 0 Å². The Bertz CT molecular complexity index is 1020. The lowest BCUT2D eigenvalue weighted by atomic mass is 9.97. The molecule has 0 saturated carbocycles. The van der Waals surface area contributed by atoms with Gasteiger partial charge in [0.2, 0.25) is 0 Å². The summed E-state index contributed by atoms with van der Waals surface area (Å²) in [7, 11) is 0. The highest BCUT2D eigenvalue weighted by Gasteiger charge is 2.12. The van der Waals surface area contributed by atoms with Crippen molar-refractivity contribution in [3.63, 3.8) is 0 Å². The Kier molecular flexibility index (Phi) is 8.83. The zero-order valence-electron chi connectivity index (χ0n) is 19.2. The molecule has 0 radical (unpaired) electrons. The molecule has 0 unspecified atom stereocenters. The van der Waals surface area contributed by atoms with Crippen LogP contribution in [0.25, 0.3) is 5.57 Å². The van der Waals surface area contributed by atoms with Crippen LogP contribution in [-0.2, 0) is 4.74 Å². The largest absolute Gasteiger partial charge is 0.449 e. The minimum absolute atomic E-state index is 0.0199. The zero-order valence-corrected chi connectivity index (χ0v) is 19.2. The lowest BCUT2D eigenvalue weighted by Crippen LogP contribution is -2.30. The molecule has 0 aliphatic heterocycles. The summed E-state index contributed by atoms with van der Waals surface area (Å²) < 4.78 is 5.35. The molecule has 0 atom stereocenters. The normalized spacial score (nSPS) is 10.2. The summed E-state index contributed by atoms with van der Waals surface area (Å²) >= 11 is 0. The molecular formula is C28H30N2O3. The van der Waals surface area contributed by atoms with Crippen LogP contribution in [-0.4, -0.2) is 36.6 Å². The first-order valence-electron chi connectivity index (χ1n) is 11.3. The van der Waals surface area contributed by atoms with Gasteiger partial charge in [0.15, 0.2) is 0 Å². The number of hydrogen-bond acceptors (Lipinski definition) is 3. The van der Waals surface area contributed by atoms with Gasteiger partial charge in [-0.25, -0.2) is 4.79 Å². The third kappa shape index (κ3) is 6.81. The van der Waals surface area contributed by atoms with Crippen LogP contribution in [0.1, 0.15) is 41.8 Å². The molecule has 3 aromatic rings. The van der Waals surface area contributed by atoms with Gasteiger partial charge < -0.3 is 9.64 Å². The van der Waals surface area contributed by atoms with Gasteiger partial charge in [0.05, 0.1) is 6.61 Å². The van der Waals surface area contributed by atoms with E-state index in [2.05, 4.69) is 35.7 Å². The molecule has 170 valence electrons. The fourth-order valence-electron chi connectivity index (χ4n) is 3.54. The first kappa shape index (κ1) is 23.8. The number of ether oxygens (including phenoxy) is 1. The lowest BCUT2D eigenvalue weighted by Gasteiger charge is -2.18. The number of nitrogens with one attached hydrogen (secondary N) is 1. The molecular weight excluding hydrogens is 412 g/mol. The number of rotatable bonds is 9. The van der Waals surface area contributed by atoms with E-state index in [1.807, 2.05) is 50.2 Å². The minimum Gasteiger partial charge on any atom is -0.449 e. The summed E-state index contributed by atoms with van der Waals surface area (Å²) in [5, 5.41) is 2.71. The van der Waals surface area contributed by atoms with E-state index in [4.69, 9.17) is 4.74 Å². The van der Waals surface area contributed by atoms with E-state index in [-0.39, 0.29) is 12.5 Å². The van der Waals surface area contributed by atoms with Crippen LogP contribution in [0.2, 0.25) is 0 Å². The first-order valence-corrected chi connectivity index (χ1v) is 11.3. The first-order chi connectivity index (χ1) is 16.1. The van der Waals surface area contributed by atoms with Crippen molar-refractivity contribution in [2.45, 2.75) is 20.3 Å². The maximum atomic E-state index is 12.4. The SMILES string of the molecule is CCN(CC)C(=O)c1ccc(NC(=O)OCCC=C(c2ccccc2)c2ccccc2)cc1. The number of benzene rings is 3. The van der Waals surface area contributed by atoms with Crippen molar-refractivity contribution in [2.24, 2.45) is 0 Å². The van der Waals surface area contributed by atoms with Gasteiger partial charge in [-0.2, -0.15) is 0 Å². The quantitative estimate of drug-likeness (QED) is 0.399.